The fraction of sp³-hybridized carbons (Fsp3) is 0.333. The van der Waals surface area contributed by atoms with Gasteiger partial charge in [-0.05, 0) is 25.7 Å². The molecule has 0 atom stereocenters. The Morgan fingerprint density at radius 1 is 0.583 bits per heavy atom. The molecule has 0 aromatic heterocycles. The van der Waals surface area contributed by atoms with Crippen molar-refractivity contribution in [1.82, 2.24) is 0 Å². The van der Waals surface area contributed by atoms with Crippen LogP contribution in [-0.4, -0.2) is 0 Å². The normalized spacial score (nSPS) is 29.3. The van der Waals surface area contributed by atoms with Gasteiger partial charge in [-0.2, -0.15) is 0 Å². The van der Waals surface area contributed by atoms with Crippen LogP contribution in [0, 0.1) is 0 Å². The van der Waals surface area contributed by atoms with Gasteiger partial charge in [0.1, 0.15) is 0 Å². The Hall–Kier alpha value is -1.04. The average molecular weight is 160 g/mol. The Balaban J connectivity index is 2.42. The van der Waals surface area contributed by atoms with Gasteiger partial charge in [0.25, 0.3) is 0 Å². The second-order valence-electron chi connectivity index (χ2n) is 2.88. The van der Waals surface area contributed by atoms with Gasteiger partial charge in [-0.25, -0.2) is 0 Å². The minimum Gasteiger partial charge on any atom is -0.0845 e. The fourth-order valence-corrected chi connectivity index (χ4v) is 1.10. The molecule has 0 aromatic rings. The molecule has 0 bridgehead atoms. The molecular formula is C12H16. The molecule has 0 heterocycles. The average Bonchev–Trinajstić information content (AvgIpc) is 2.05. The summed E-state index contributed by atoms with van der Waals surface area (Å²) in [5, 5.41) is 0. The topological polar surface area (TPSA) is 0 Å². The van der Waals surface area contributed by atoms with E-state index < -0.39 is 0 Å². The van der Waals surface area contributed by atoms with Crippen molar-refractivity contribution in [3.05, 3.63) is 48.6 Å². The first-order valence-electron chi connectivity index (χ1n) is 4.63. The predicted octanol–water partition coefficient (Wildman–Crippen LogP) is 3.79. The van der Waals surface area contributed by atoms with E-state index in [2.05, 4.69) is 48.6 Å². The van der Waals surface area contributed by atoms with Crippen LogP contribution in [0.3, 0.4) is 0 Å². The monoisotopic (exact) mass is 160 g/mol. The lowest BCUT2D eigenvalue weighted by atomic mass is 10.2. The maximum absolute atomic E-state index is 2.23. The van der Waals surface area contributed by atoms with Crippen molar-refractivity contribution in [1.29, 1.82) is 0 Å². The predicted molar refractivity (Wildman–Crippen MR) is 55.0 cm³/mol. The Morgan fingerprint density at radius 3 is 1.67 bits per heavy atom. The molecule has 1 rings (SSSR count). The van der Waals surface area contributed by atoms with Crippen LogP contribution >= 0.6 is 0 Å². The number of hydrogen-bond acceptors (Lipinski definition) is 0. The lowest BCUT2D eigenvalue weighted by Gasteiger charge is -1.89. The van der Waals surface area contributed by atoms with Crippen molar-refractivity contribution >= 4 is 0 Å². The van der Waals surface area contributed by atoms with Crippen molar-refractivity contribution in [3.8, 4) is 0 Å². The quantitative estimate of drug-likeness (QED) is 0.506. The van der Waals surface area contributed by atoms with Gasteiger partial charge in [0.15, 0.2) is 0 Å². The van der Waals surface area contributed by atoms with Crippen LogP contribution < -0.4 is 0 Å². The summed E-state index contributed by atoms with van der Waals surface area (Å²) >= 11 is 0. The Labute approximate surface area is 75.0 Å². The van der Waals surface area contributed by atoms with Gasteiger partial charge in [0.05, 0.1) is 0 Å². The molecule has 0 heteroatoms. The lowest BCUT2D eigenvalue weighted by molar-refractivity contribution is 0.868. The summed E-state index contributed by atoms with van der Waals surface area (Å²) in [6, 6.07) is 0. The zero-order valence-electron chi connectivity index (χ0n) is 7.45. The second-order valence-corrected chi connectivity index (χ2v) is 2.88. The smallest absolute Gasteiger partial charge is 0.0163 e. The van der Waals surface area contributed by atoms with E-state index in [1.54, 1.807) is 0 Å². The van der Waals surface area contributed by atoms with Gasteiger partial charge >= 0.3 is 0 Å². The minimum absolute atomic E-state index is 1.04. The first kappa shape index (κ1) is 9.05. The van der Waals surface area contributed by atoms with Crippen LogP contribution in [0.4, 0.5) is 0 Å². The van der Waals surface area contributed by atoms with E-state index in [4.69, 9.17) is 0 Å². The number of rotatable bonds is 0. The molecule has 0 radical (unpaired) electrons. The molecule has 0 fully saturated rings. The Morgan fingerprint density at radius 2 is 1.08 bits per heavy atom. The van der Waals surface area contributed by atoms with Crippen molar-refractivity contribution in [2.75, 3.05) is 0 Å². The second kappa shape index (κ2) is 6.66. The van der Waals surface area contributed by atoms with E-state index >= 15 is 0 Å². The van der Waals surface area contributed by atoms with E-state index in [0.29, 0.717) is 0 Å². The molecule has 0 spiro atoms. The van der Waals surface area contributed by atoms with Gasteiger partial charge in [-0.3, -0.25) is 0 Å². The largest absolute Gasteiger partial charge is 0.0845 e. The van der Waals surface area contributed by atoms with Gasteiger partial charge in [0, 0.05) is 0 Å². The summed E-state index contributed by atoms with van der Waals surface area (Å²) in [7, 11) is 0. The van der Waals surface area contributed by atoms with Crippen molar-refractivity contribution in [3.63, 3.8) is 0 Å². The van der Waals surface area contributed by atoms with Crippen LogP contribution in [0.15, 0.2) is 48.6 Å². The molecule has 0 aliphatic heterocycles. The maximum Gasteiger partial charge on any atom is -0.0163 e. The standard InChI is InChI=1S/C12H16/c1-2-4-6-8-10-12-11-9-7-5-3-1/h1-4,7,9,11-12H,5-6,8,10H2/b3-1-,4-2+,9-7+,12-11-. The Kier molecular flexibility index (Phi) is 5.02. The molecule has 0 aromatic carbocycles. The molecule has 64 valence electrons. The Bertz CT molecular complexity index is 182. The molecule has 0 saturated carbocycles. The van der Waals surface area contributed by atoms with Crippen LogP contribution in [0.25, 0.3) is 0 Å². The van der Waals surface area contributed by atoms with Gasteiger partial charge in [0.2, 0.25) is 0 Å². The SMILES string of the molecule is C1=C\CCC/C=C/C=C\C/C=C/1. The van der Waals surface area contributed by atoms with Crippen molar-refractivity contribution in [2.45, 2.75) is 25.7 Å². The summed E-state index contributed by atoms with van der Waals surface area (Å²) in [6.07, 6.45) is 22.0. The van der Waals surface area contributed by atoms with E-state index in [-0.39, 0.29) is 0 Å². The number of allylic oxidation sites excluding steroid dienone is 8. The highest BCUT2D eigenvalue weighted by atomic mass is 13.9. The van der Waals surface area contributed by atoms with Crippen molar-refractivity contribution < 1.29 is 0 Å². The summed E-state index contributed by atoms with van der Waals surface area (Å²) in [4.78, 5) is 0. The van der Waals surface area contributed by atoms with E-state index in [9.17, 15) is 0 Å². The highest BCUT2D eigenvalue weighted by Gasteiger charge is 1.79. The van der Waals surface area contributed by atoms with Crippen LogP contribution in [0.1, 0.15) is 25.7 Å². The molecule has 0 saturated heterocycles. The molecule has 1 aliphatic carbocycles. The van der Waals surface area contributed by atoms with Gasteiger partial charge in [-0.1, -0.05) is 48.6 Å². The van der Waals surface area contributed by atoms with Crippen LogP contribution in [-0.2, 0) is 0 Å². The first-order chi connectivity index (χ1) is 6.00. The summed E-state index contributed by atoms with van der Waals surface area (Å²) in [6.45, 7) is 0. The summed E-state index contributed by atoms with van der Waals surface area (Å²) in [5.41, 5.74) is 0. The molecule has 0 nitrogen and oxygen atoms in total. The van der Waals surface area contributed by atoms with E-state index in [1.807, 2.05) is 0 Å². The van der Waals surface area contributed by atoms with Crippen molar-refractivity contribution in [2.24, 2.45) is 0 Å². The highest BCUT2D eigenvalue weighted by molar-refractivity contribution is 5.09. The zero-order chi connectivity index (χ0) is 8.49. The highest BCUT2D eigenvalue weighted by Crippen LogP contribution is 2.00. The maximum atomic E-state index is 2.23. The third-order valence-corrected chi connectivity index (χ3v) is 1.78. The van der Waals surface area contributed by atoms with Crippen LogP contribution in [0.2, 0.25) is 0 Å². The lowest BCUT2D eigenvalue weighted by Crippen LogP contribution is -1.69. The van der Waals surface area contributed by atoms with E-state index in [1.165, 1.54) is 19.3 Å². The van der Waals surface area contributed by atoms with Gasteiger partial charge in [-0.15, -0.1) is 0 Å². The number of hydrogen-bond donors (Lipinski definition) is 0. The minimum atomic E-state index is 1.04. The third-order valence-electron chi connectivity index (χ3n) is 1.78. The third kappa shape index (κ3) is 4.73. The molecule has 1 aliphatic rings. The van der Waals surface area contributed by atoms with Gasteiger partial charge < -0.3 is 0 Å². The fourth-order valence-electron chi connectivity index (χ4n) is 1.10. The zero-order valence-corrected chi connectivity index (χ0v) is 7.45. The molecule has 12 heavy (non-hydrogen) atoms. The first-order valence-corrected chi connectivity index (χ1v) is 4.63. The molecule has 0 amide bonds. The van der Waals surface area contributed by atoms with E-state index in [0.717, 1.165) is 6.42 Å². The molecule has 0 unspecified atom stereocenters. The molecular weight excluding hydrogens is 144 g/mol. The molecule has 0 N–H and O–H groups in total. The van der Waals surface area contributed by atoms with Crippen LogP contribution in [0.5, 0.6) is 0 Å². The summed E-state index contributed by atoms with van der Waals surface area (Å²) < 4.78 is 0. The summed E-state index contributed by atoms with van der Waals surface area (Å²) in [5.74, 6) is 0.